The number of nitrogens with zero attached hydrogens (tertiary/aromatic N) is 4. The van der Waals surface area contributed by atoms with Crippen LogP contribution in [0.25, 0.3) is 0 Å². The molecule has 0 saturated carbocycles. The largest absolute Gasteiger partial charge is 0.481 e. The Morgan fingerprint density at radius 2 is 2.28 bits per heavy atom. The molecule has 1 aromatic heterocycles. The van der Waals surface area contributed by atoms with Crippen molar-refractivity contribution in [3.05, 3.63) is 12.2 Å². The summed E-state index contributed by atoms with van der Waals surface area (Å²) in [4.78, 5) is 17.1. The molecular weight excluding hydrogens is 232 g/mol. The number of aryl methyl sites for hydroxylation is 1. The highest BCUT2D eigenvalue weighted by Crippen LogP contribution is 2.09. The molecule has 102 valence electrons. The average molecular weight is 254 g/mol. The first kappa shape index (κ1) is 14.6. The molecule has 18 heavy (non-hydrogen) atoms. The molecule has 1 aromatic rings. The van der Waals surface area contributed by atoms with Gasteiger partial charge in [-0.25, -0.2) is 9.67 Å². The predicted octanol–water partition coefficient (Wildman–Crippen LogP) is 1.37. The van der Waals surface area contributed by atoms with Gasteiger partial charge in [-0.2, -0.15) is 5.10 Å². The van der Waals surface area contributed by atoms with E-state index in [0.717, 1.165) is 25.3 Å². The van der Waals surface area contributed by atoms with Gasteiger partial charge >= 0.3 is 5.97 Å². The van der Waals surface area contributed by atoms with E-state index in [9.17, 15) is 4.79 Å². The minimum Gasteiger partial charge on any atom is -0.481 e. The lowest BCUT2D eigenvalue weighted by Gasteiger charge is -2.26. The van der Waals surface area contributed by atoms with Crippen LogP contribution in [0.1, 0.15) is 39.4 Å². The summed E-state index contributed by atoms with van der Waals surface area (Å²) >= 11 is 0. The summed E-state index contributed by atoms with van der Waals surface area (Å²) in [6, 6.07) is -0.000670. The molecule has 1 N–H and O–H groups in total. The third kappa shape index (κ3) is 4.10. The van der Waals surface area contributed by atoms with E-state index in [1.165, 1.54) is 0 Å². The van der Waals surface area contributed by atoms with Crippen LogP contribution in [0.15, 0.2) is 6.33 Å². The monoisotopic (exact) mass is 254 g/mol. The molecule has 6 nitrogen and oxygen atoms in total. The van der Waals surface area contributed by atoms with Crippen LogP contribution in [-0.4, -0.2) is 43.3 Å². The number of carboxylic acids is 1. The van der Waals surface area contributed by atoms with E-state index in [0.29, 0.717) is 6.54 Å². The quantitative estimate of drug-likeness (QED) is 0.758. The van der Waals surface area contributed by atoms with Crippen molar-refractivity contribution in [1.29, 1.82) is 0 Å². The van der Waals surface area contributed by atoms with Gasteiger partial charge in [-0.1, -0.05) is 13.8 Å². The van der Waals surface area contributed by atoms with Gasteiger partial charge in [0.05, 0.1) is 13.0 Å². The first-order chi connectivity index (χ1) is 8.58. The number of rotatable bonds is 8. The zero-order valence-electron chi connectivity index (χ0n) is 11.3. The van der Waals surface area contributed by atoms with Gasteiger partial charge < -0.3 is 5.11 Å². The molecule has 0 aliphatic rings. The molecule has 1 heterocycles. The highest BCUT2D eigenvalue weighted by atomic mass is 16.4. The lowest BCUT2D eigenvalue weighted by Crippen LogP contribution is -2.35. The normalized spacial score (nSPS) is 12.9. The van der Waals surface area contributed by atoms with Gasteiger partial charge in [-0.15, -0.1) is 0 Å². The Morgan fingerprint density at radius 1 is 1.56 bits per heavy atom. The fourth-order valence-electron chi connectivity index (χ4n) is 1.95. The van der Waals surface area contributed by atoms with Crippen LogP contribution in [0.2, 0.25) is 0 Å². The van der Waals surface area contributed by atoms with Crippen molar-refractivity contribution in [2.45, 2.75) is 52.7 Å². The standard InChI is InChI=1S/C12H22N4O2/c1-4-6-16-11(13-9-14-16)8-15(5-2)10(3)7-12(17)18/h9-10H,4-8H2,1-3H3,(H,17,18). The predicted molar refractivity (Wildman–Crippen MR) is 68.1 cm³/mol. The van der Waals surface area contributed by atoms with E-state index >= 15 is 0 Å². The van der Waals surface area contributed by atoms with Crippen molar-refractivity contribution in [2.24, 2.45) is 0 Å². The number of aromatic nitrogens is 3. The number of hydrogen-bond donors (Lipinski definition) is 1. The van der Waals surface area contributed by atoms with Crippen LogP contribution in [0.3, 0.4) is 0 Å². The third-order valence-corrected chi connectivity index (χ3v) is 2.98. The first-order valence-corrected chi connectivity index (χ1v) is 6.41. The second kappa shape index (κ2) is 7.10. The minimum atomic E-state index is -0.768. The molecule has 0 spiro atoms. The Labute approximate surface area is 108 Å². The van der Waals surface area contributed by atoms with Crippen LogP contribution in [-0.2, 0) is 17.9 Å². The van der Waals surface area contributed by atoms with E-state index < -0.39 is 5.97 Å². The molecule has 0 amide bonds. The first-order valence-electron chi connectivity index (χ1n) is 6.41. The highest BCUT2D eigenvalue weighted by Gasteiger charge is 2.17. The summed E-state index contributed by atoms with van der Waals surface area (Å²) in [5, 5.41) is 13.0. The number of carbonyl (C=O) groups is 1. The molecule has 0 saturated heterocycles. The molecule has 0 radical (unpaired) electrons. The van der Waals surface area contributed by atoms with E-state index in [4.69, 9.17) is 5.11 Å². The maximum Gasteiger partial charge on any atom is 0.304 e. The maximum absolute atomic E-state index is 10.7. The molecule has 0 aromatic carbocycles. The molecule has 0 aliphatic heterocycles. The van der Waals surface area contributed by atoms with Crippen molar-refractivity contribution in [3.8, 4) is 0 Å². The summed E-state index contributed by atoms with van der Waals surface area (Å²) in [5.41, 5.74) is 0. The second-order valence-electron chi connectivity index (χ2n) is 4.41. The van der Waals surface area contributed by atoms with Crippen LogP contribution in [0, 0.1) is 0 Å². The van der Waals surface area contributed by atoms with Crippen LogP contribution in [0.4, 0.5) is 0 Å². The van der Waals surface area contributed by atoms with Crippen molar-refractivity contribution >= 4 is 5.97 Å². The Morgan fingerprint density at radius 3 is 2.83 bits per heavy atom. The minimum absolute atomic E-state index is 0.000670. The molecule has 0 fully saturated rings. The Balaban J connectivity index is 2.66. The highest BCUT2D eigenvalue weighted by molar-refractivity contribution is 5.67. The number of aliphatic carboxylic acids is 1. The lowest BCUT2D eigenvalue weighted by molar-refractivity contribution is -0.138. The molecule has 0 aliphatic carbocycles. The Kier molecular flexibility index (Phi) is 5.77. The molecule has 1 unspecified atom stereocenters. The van der Waals surface area contributed by atoms with Crippen LogP contribution in [0.5, 0.6) is 0 Å². The van der Waals surface area contributed by atoms with Crippen molar-refractivity contribution < 1.29 is 9.90 Å². The molecular formula is C12H22N4O2. The van der Waals surface area contributed by atoms with E-state index in [-0.39, 0.29) is 12.5 Å². The third-order valence-electron chi connectivity index (χ3n) is 2.98. The SMILES string of the molecule is CCCn1ncnc1CN(CC)C(C)CC(=O)O. The fraction of sp³-hybridized carbons (Fsp3) is 0.750. The van der Waals surface area contributed by atoms with Gasteiger partial charge in [0.1, 0.15) is 12.2 Å². The van der Waals surface area contributed by atoms with E-state index in [1.54, 1.807) is 6.33 Å². The summed E-state index contributed by atoms with van der Waals surface area (Å²) in [6.07, 6.45) is 2.71. The van der Waals surface area contributed by atoms with Gasteiger partial charge in [0.25, 0.3) is 0 Å². The lowest BCUT2D eigenvalue weighted by atomic mass is 10.2. The van der Waals surface area contributed by atoms with Crippen LogP contribution >= 0.6 is 0 Å². The smallest absolute Gasteiger partial charge is 0.304 e. The van der Waals surface area contributed by atoms with Crippen molar-refractivity contribution in [3.63, 3.8) is 0 Å². The van der Waals surface area contributed by atoms with Crippen molar-refractivity contribution in [1.82, 2.24) is 19.7 Å². The average Bonchev–Trinajstić information content (AvgIpc) is 2.72. The Bertz CT molecular complexity index is 378. The summed E-state index contributed by atoms with van der Waals surface area (Å²) in [7, 11) is 0. The molecule has 1 rings (SSSR count). The molecule has 6 heteroatoms. The van der Waals surface area contributed by atoms with E-state index in [1.807, 2.05) is 18.5 Å². The van der Waals surface area contributed by atoms with Gasteiger partial charge in [-0.3, -0.25) is 9.69 Å². The zero-order valence-corrected chi connectivity index (χ0v) is 11.3. The van der Waals surface area contributed by atoms with Gasteiger partial charge in [0.2, 0.25) is 0 Å². The summed E-state index contributed by atoms with van der Waals surface area (Å²) in [5.74, 6) is 0.131. The molecule has 1 atom stereocenters. The van der Waals surface area contributed by atoms with Gasteiger partial charge in [-0.05, 0) is 19.9 Å². The van der Waals surface area contributed by atoms with Gasteiger partial charge in [0, 0.05) is 12.6 Å². The second-order valence-corrected chi connectivity index (χ2v) is 4.41. The van der Waals surface area contributed by atoms with E-state index in [2.05, 4.69) is 21.9 Å². The van der Waals surface area contributed by atoms with Crippen molar-refractivity contribution in [2.75, 3.05) is 6.54 Å². The van der Waals surface area contributed by atoms with Gasteiger partial charge in [0.15, 0.2) is 0 Å². The zero-order chi connectivity index (χ0) is 13.5. The van der Waals surface area contributed by atoms with Crippen LogP contribution < -0.4 is 0 Å². The fourth-order valence-corrected chi connectivity index (χ4v) is 1.95. The number of hydrogen-bond acceptors (Lipinski definition) is 4. The Hall–Kier alpha value is -1.43. The number of carboxylic acid groups (broad SMARTS) is 1. The summed E-state index contributed by atoms with van der Waals surface area (Å²) in [6.45, 7) is 8.34. The topological polar surface area (TPSA) is 71.2 Å². The summed E-state index contributed by atoms with van der Waals surface area (Å²) < 4.78 is 1.89. The molecule has 0 bridgehead atoms. The maximum atomic E-state index is 10.7.